The molecule has 4 rings (SSSR count). The first-order valence-corrected chi connectivity index (χ1v) is 8.56. The van der Waals surface area contributed by atoms with Crippen LogP contribution in [0.25, 0.3) is 16.2 Å². The van der Waals surface area contributed by atoms with Crippen LogP contribution in [0.3, 0.4) is 0 Å². The van der Waals surface area contributed by atoms with Crippen LogP contribution in [0.15, 0.2) is 18.2 Å². The molecule has 1 aromatic carbocycles. The topological polar surface area (TPSA) is 34.4 Å². The average Bonchev–Trinajstić information content (AvgIpc) is 3.03. The second-order valence-corrected chi connectivity index (χ2v) is 7.20. The predicted molar refractivity (Wildman–Crippen MR) is 90.0 cm³/mol. The Morgan fingerprint density at radius 1 is 1.18 bits per heavy atom. The van der Waals surface area contributed by atoms with Crippen molar-refractivity contribution in [2.24, 2.45) is 0 Å². The summed E-state index contributed by atoms with van der Waals surface area (Å²) in [6.07, 6.45) is 5.79. The quantitative estimate of drug-likeness (QED) is 0.659. The largest absolute Gasteiger partial charge is 0.296 e. The zero-order valence-corrected chi connectivity index (χ0v) is 13.7. The van der Waals surface area contributed by atoms with Crippen LogP contribution in [0.4, 0.5) is 0 Å². The van der Waals surface area contributed by atoms with Crippen molar-refractivity contribution in [3.05, 3.63) is 45.6 Å². The maximum Gasteiger partial charge on any atom is 0.195 e. The van der Waals surface area contributed by atoms with Gasteiger partial charge in [0.15, 0.2) is 11.2 Å². The minimum absolute atomic E-state index is 0.674. The zero-order valence-electron chi connectivity index (χ0n) is 12.8. The maximum atomic E-state index is 11.7. The first-order chi connectivity index (χ1) is 10.7. The van der Waals surface area contributed by atoms with Crippen molar-refractivity contribution in [1.29, 1.82) is 0 Å². The van der Waals surface area contributed by atoms with Gasteiger partial charge in [-0.15, -0.1) is 11.3 Å². The number of carbonyl (C=O) groups excluding carboxylic acids is 1. The monoisotopic (exact) mass is 310 g/mol. The van der Waals surface area contributed by atoms with Crippen LogP contribution in [-0.2, 0) is 12.8 Å². The summed E-state index contributed by atoms with van der Waals surface area (Å²) in [7, 11) is 0. The molecule has 0 atom stereocenters. The van der Waals surface area contributed by atoms with Gasteiger partial charge in [-0.05, 0) is 56.7 Å². The summed E-state index contributed by atoms with van der Waals surface area (Å²) < 4.78 is 1.99. The van der Waals surface area contributed by atoms with Gasteiger partial charge < -0.3 is 0 Å². The molecular formula is C18H18N2OS. The number of aryl methyl sites for hydroxylation is 4. The Morgan fingerprint density at radius 2 is 1.95 bits per heavy atom. The van der Waals surface area contributed by atoms with E-state index in [2.05, 4.69) is 25.1 Å². The second kappa shape index (κ2) is 5.06. The highest BCUT2D eigenvalue weighted by atomic mass is 32.1. The lowest BCUT2D eigenvalue weighted by atomic mass is 9.90. The van der Waals surface area contributed by atoms with Gasteiger partial charge in [-0.25, -0.2) is 4.98 Å². The summed E-state index contributed by atoms with van der Waals surface area (Å²) in [4.78, 5) is 18.5. The summed E-state index contributed by atoms with van der Waals surface area (Å²) >= 11 is 1.65. The number of imidazole rings is 1. The molecule has 0 bridgehead atoms. The Bertz CT molecular complexity index is 888. The van der Waals surface area contributed by atoms with Crippen molar-refractivity contribution in [2.45, 2.75) is 39.5 Å². The summed E-state index contributed by atoms with van der Waals surface area (Å²) in [5, 5.41) is 0. The van der Waals surface area contributed by atoms with E-state index in [4.69, 9.17) is 4.98 Å². The average molecular weight is 310 g/mol. The first-order valence-electron chi connectivity index (χ1n) is 7.75. The normalized spacial score (nSPS) is 14.3. The van der Waals surface area contributed by atoms with Crippen LogP contribution in [0.2, 0.25) is 0 Å². The maximum absolute atomic E-state index is 11.7. The van der Waals surface area contributed by atoms with E-state index in [9.17, 15) is 4.79 Å². The third-order valence-electron chi connectivity index (χ3n) is 4.71. The lowest BCUT2D eigenvalue weighted by Crippen LogP contribution is -2.02. The lowest BCUT2D eigenvalue weighted by molar-refractivity contribution is 0.111. The van der Waals surface area contributed by atoms with E-state index in [0.29, 0.717) is 5.69 Å². The van der Waals surface area contributed by atoms with Crippen LogP contribution in [0.1, 0.15) is 45.0 Å². The minimum atomic E-state index is 0.674. The Hall–Kier alpha value is -1.94. The fourth-order valence-corrected chi connectivity index (χ4v) is 4.35. The fraction of sp³-hybridized carbons (Fsp3) is 0.333. The van der Waals surface area contributed by atoms with Gasteiger partial charge in [0.1, 0.15) is 11.4 Å². The first kappa shape index (κ1) is 13.7. The van der Waals surface area contributed by atoms with Gasteiger partial charge in [0.2, 0.25) is 0 Å². The Balaban J connectivity index is 1.92. The molecule has 22 heavy (non-hydrogen) atoms. The number of hydrogen-bond acceptors (Lipinski definition) is 3. The highest BCUT2D eigenvalue weighted by Crippen LogP contribution is 2.32. The molecule has 0 saturated heterocycles. The van der Waals surface area contributed by atoms with Crippen LogP contribution < -0.4 is 0 Å². The Labute approximate surface area is 133 Å². The smallest absolute Gasteiger partial charge is 0.195 e. The van der Waals surface area contributed by atoms with Crippen LogP contribution in [0, 0.1) is 13.8 Å². The number of benzene rings is 1. The fourth-order valence-electron chi connectivity index (χ4n) is 3.37. The van der Waals surface area contributed by atoms with E-state index in [1.54, 1.807) is 11.3 Å². The minimum Gasteiger partial charge on any atom is -0.296 e. The molecule has 1 aliphatic rings. The van der Waals surface area contributed by atoms with E-state index >= 15 is 0 Å². The molecule has 112 valence electrons. The van der Waals surface area contributed by atoms with Gasteiger partial charge in [-0.2, -0.15) is 0 Å². The molecule has 1 aliphatic carbocycles. The molecular weight excluding hydrogens is 292 g/mol. The number of nitrogens with zero attached hydrogens (tertiary/aromatic N) is 2. The van der Waals surface area contributed by atoms with Crippen LogP contribution in [0.5, 0.6) is 0 Å². The molecule has 0 amide bonds. The molecule has 0 aliphatic heterocycles. The zero-order chi connectivity index (χ0) is 15.3. The van der Waals surface area contributed by atoms with Gasteiger partial charge in [-0.3, -0.25) is 9.20 Å². The number of thiazole rings is 1. The molecule has 2 aromatic heterocycles. The number of aromatic nitrogens is 2. The summed E-state index contributed by atoms with van der Waals surface area (Å²) in [5.41, 5.74) is 6.54. The molecule has 0 radical (unpaired) electrons. The van der Waals surface area contributed by atoms with Crippen molar-refractivity contribution in [3.63, 3.8) is 0 Å². The number of fused-ring (bicyclic) bond motifs is 2. The number of hydrogen-bond donors (Lipinski definition) is 0. The standard InChI is InChI=1S/C18H18N2OS/c1-11-12(2)22-18-19-17(16(10-21)20(11)18)15-8-7-13-5-3-4-6-14(13)9-15/h7-10H,3-6H2,1-2H3. The van der Waals surface area contributed by atoms with Crippen molar-refractivity contribution >= 4 is 22.6 Å². The third-order valence-corrected chi connectivity index (χ3v) is 5.76. The number of carbonyl (C=O) groups is 1. The van der Waals surface area contributed by atoms with Gasteiger partial charge in [0, 0.05) is 16.1 Å². The molecule has 0 unspecified atom stereocenters. The molecule has 3 nitrogen and oxygen atoms in total. The van der Waals surface area contributed by atoms with E-state index < -0.39 is 0 Å². The molecule has 2 heterocycles. The van der Waals surface area contributed by atoms with E-state index in [1.807, 2.05) is 11.3 Å². The van der Waals surface area contributed by atoms with Crippen molar-refractivity contribution in [2.75, 3.05) is 0 Å². The summed E-state index contributed by atoms with van der Waals surface area (Å²) in [6, 6.07) is 6.56. The lowest BCUT2D eigenvalue weighted by Gasteiger charge is -2.16. The van der Waals surface area contributed by atoms with Gasteiger partial charge >= 0.3 is 0 Å². The van der Waals surface area contributed by atoms with Crippen LogP contribution >= 0.6 is 11.3 Å². The Kier molecular flexibility index (Phi) is 3.15. The van der Waals surface area contributed by atoms with Crippen molar-refractivity contribution < 1.29 is 4.79 Å². The molecule has 0 spiro atoms. The van der Waals surface area contributed by atoms with Gasteiger partial charge in [0.05, 0.1) is 0 Å². The van der Waals surface area contributed by atoms with Gasteiger partial charge in [-0.1, -0.05) is 12.1 Å². The molecule has 0 fully saturated rings. The van der Waals surface area contributed by atoms with E-state index in [0.717, 1.165) is 34.6 Å². The number of aldehydes is 1. The van der Waals surface area contributed by atoms with Crippen molar-refractivity contribution in [3.8, 4) is 11.3 Å². The molecule has 0 N–H and O–H groups in total. The molecule has 0 saturated carbocycles. The van der Waals surface area contributed by atoms with E-state index in [1.165, 1.54) is 35.3 Å². The third kappa shape index (κ3) is 1.94. The second-order valence-electron chi connectivity index (χ2n) is 6.02. The predicted octanol–water partition coefficient (Wildman–Crippen LogP) is 4.37. The summed E-state index contributed by atoms with van der Waals surface area (Å²) in [5.74, 6) is 0. The Morgan fingerprint density at radius 3 is 2.73 bits per heavy atom. The van der Waals surface area contributed by atoms with Crippen molar-refractivity contribution in [1.82, 2.24) is 9.38 Å². The molecule has 3 aromatic rings. The molecule has 4 heteroatoms. The van der Waals surface area contributed by atoms with E-state index in [-0.39, 0.29) is 0 Å². The SMILES string of the molecule is Cc1sc2nc(-c3ccc4c(c3)CCCC4)c(C=O)n2c1C. The number of rotatable bonds is 2. The summed E-state index contributed by atoms with van der Waals surface area (Å²) in [6.45, 7) is 4.12. The van der Waals surface area contributed by atoms with Gasteiger partial charge in [0.25, 0.3) is 0 Å². The highest BCUT2D eigenvalue weighted by Gasteiger charge is 2.19. The highest BCUT2D eigenvalue weighted by molar-refractivity contribution is 7.17. The van der Waals surface area contributed by atoms with Crippen LogP contribution in [-0.4, -0.2) is 15.7 Å².